The maximum absolute atomic E-state index is 4.64. The molecule has 0 aliphatic heterocycles. The number of rotatable bonds is 3. The first-order chi connectivity index (χ1) is 9.52. The van der Waals surface area contributed by atoms with Gasteiger partial charge in [0.1, 0.15) is 10.7 Å². The molecule has 0 atom stereocenters. The van der Waals surface area contributed by atoms with Crippen LogP contribution >= 0.6 is 11.3 Å². The van der Waals surface area contributed by atoms with Gasteiger partial charge < -0.3 is 0 Å². The maximum atomic E-state index is 4.64. The van der Waals surface area contributed by atoms with Crippen LogP contribution in [0.15, 0.2) is 11.6 Å². The van der Waals surface area contributed by atoms with Gasteiger partial charge in [0.25, 0.3) is 0 Å². The lowest BCUT2D eigenvalue weighted by Crippen LogP contribution is -2.17. The molecule has 0 spiro atoms. The van der Waals surface area contributed by atoms with Crippen LogP contribution in [0.4, 0.5) is 0 Å². The Morgan fingerprint density at radius 1 is 1.30 bits per heavy atom. The summed E-state index contributed by atoms with van der Waals surface area (Å²) < 4.78 is 1.99. The average Bonchev–Trinajstić information content (AvgIpc) is 2.91. The number of thiazole rings is 1. The number of hydrogen-bond acceptors (Lipinski definition) is 4. The van der Waals surface area contributed by atoms with Gasteiger partial charge in [0.2, 0.25) is 0 Å². The van der Waals surface area contributed by atoms with Crippen molar-refractivity contribution in [3.05, 3.63) is 28.0 Å². The molecular formula is C15H20N4S. The molecule has 1 fully saturated rings. The molecular weight excluding hydrogens is 268 g/mol. The van der Waals surface area contributed by atoms with Crippen molar-refractivity contribution in [2.24, 2.45) is 0 Å². The predicted octanol–water partition coefficient (Wildman–Crippen LogP) is 3.93. The molecule has 0 saturated heterocycles. The highest BCUT2D eigenvalue weighted by atomic mass is 32.1. The predicted molar refractivity (Wildman–Crippen MR) is 82.7 cm³/mol. The lowest BCUT2D eigenvalue weighted by Gasteiger charge is -2.24. The van der Waals surface area contributed by atoms with Crippen molar-refractivity contribution < 1.29 is 0 Å². The van der Waals surface area contributed by atoms with E-state index in [2.05, 4.69) is 41.4 Å². The van der Waals surface area contributed by atoms with E-state index in [1.165, 1.54) is 19.3 Å². The summed E-state index contributed by atoms with van der Waals surface area (Å²) >= 11 is 1.67. The summed E-state index contributed by atoms with van der Waals surface area (Å²) in [5.74, 6) is 0. The molecule has 1 saturated carbocycles. The van der Waals surface area contributed by atoms with Gasteiger partial charge in [-0.2, -0.15) is 0 Å². The molecule has 106 valence electrons. The first-order valence-electron chi connectivity index (χ1n) is 7.08. The van der Waals surface area contributed by atoms with Crippen LogP contribution in [0.1, 0.15) is 62.5 Å². The van der Waals surface area contributed by atoms with Crippen molar-refractivity contribution in [3.63, 3.8) is 0 Å². The summed E-state index contributed by atoms with van der Waals surface area (Å²) in [6.07, 6.45) is 9.81. The number of aromatic nitrogens is 4. The third kappa shape index (κ3) is 2.82. The van der Waals surface area contributed by atoms with Crippen molar-refractivity contribution in [3.8, 4) is 0 Å². The van der Waals surface area contributed by atoms with Gasteiger partial charge in [-0.15, -0.1) is 16.4 Å². The van der Waals surface area contributed by atoms with Crippen LogP contribution in [-0.4, -0.2) is 20.0 Å². The molecule has 3 rings (SSSR count). The molecule has 0 radical (unpaired) electrons. The Labute approximate surface area is 123 Å². The minimum atomic E-state index is 0.107. The highest BCUT2D eigenvalue weighted by Crippen LogP contribution is 2.30. The van der Waals surface area contributed by atoms with E-state index in [1.807, 2.05) is 23.0 Å². The lowest BCUT2D eigenvalue weighted by atomic mass is 9.93. The van der Waals surface area contributed by atoms with Gasteiger partial charge in [-0.05, 0) is 31.4 Å². The van der Waals surface area contributed by atoms with E-state index in [9.17, 15) is 0 Å². The molecule has 0 aromatic carbocycles. The Kier molecular flexibility index (Phi) is 3.46. The average molecular weight is 288 g/mol. The molecule has 2 aromatic rings. The minimum Gasteiger partial charge on any atom is -0.249 e. The fourth-order valence-electron chi connectivity index (χ4n) is 2.06. The normalized spacial score (nSPS) is 16.8. The molecule has 0 unspecified atom stereocenters. The Hall–Kier alpha value is -1.49. The highest BCUT2D eigenvalue weighted by molar-refractivity contribution is 7.10. The Morgan fingerprint density at radius 3 is 2.70 bits per heavy atom. The maximum Gasteiger partial charge on any atom is 0.116 e. The molecule has 20 heavy (non-hydrogen) atoms. The zero-order valence-electron chi connectivity index (χ0n) is 12.2. The standard InChI is InChI=1S/C15H20N4S/c1-15(2,3)13-10-20-14(16-13)8-7-11-9-19(18-17-11)12-5-4-6-12/h7-10,12H,4-6H2,1-3H3/b8-7+. The minimum absolute atomic E-state index is 0.107. The van der Waals surface area contributed by atoms with Gasteiger partial charge >= 0.3 is 0 Å². The van der Waals surface area contributed by atoms with Gasteiger partial charge in [0.15, 0.2) is 0 Å². The second kappa shape index (κ2) is 5.13. The van der Waals surface area contributed by atoms with Crippen LogP contribution in [-0.2, 0) is 5.41 Å². The SMILES string of the molecule is CC(C)(C)c1csc(/C=C/c2cn(C3CCC3)nn2)n1. The van der Waals surface area contributed by atoms with Crippen LogP contribution in [0.2, 0.25) is 0 Å². The van der Waals surface area contributed by atoms with E-state index in [0.29, 0.717) is 6.04 Å². The van der Waals surface area contributed by atoms with Crippen molar-refractivity contribution in [1.29, 1.82) is 0 Å². The monoisotopic (exact) mass is 288 g/mol. The van der Waals surface area contributed by atoms with E-state index >= 15 is 0 Å². The molecule has 5 heteroatoms. The van der Waals surface area contributed by atoms with Crippen LogP contribution in [0, 0.1) is 0 Å². The van der Waals surface area contributed by atoms with Crippen molar-refractivity contribution >= 4 is 23.5 Å². The largest absolute Gasteiger partial charge is 0.249 e. The molecule has 0 bridgehead atoms. The topological polar surface area (TPSA) is 43.6 Å². The van der Waals surface area contributed by atoms with Crippen LogP contribution < -0.4 is 0 Å². The van der Waals surface area contributed by atoms with E-state index < -0.39 is 0 Å². The van der Waals surface area contributed by atoms with E-state index in [-0.39, 0.29) is 5.41 Å². The third-order valence-corrected chi connectivity index (χ3v) is 4.47. The van der Waals surface area contributed by atoms with Gasteiger partial charge in [-0.25, -0.2) is 9.67 Å². The summed E-state index contributed by atoms with van der Waals surface area (Å²) in [6, 6.07) is 0.567. The summed E-state index contributed by atoms with van der Waals surface area (Å²) in [5.41, 5.74) is 2.15. The molecule has 1 aliphatic rings. The summed E-state index contributed by atoms with van der Waals surface area (Å²) in [4.78, 5) is 4.64. The number of hydrogen-bond donors (Lipinski definition) is 0. The van der Waals surface area contributed by atoms with Gasteiger partial charge in [-0.1, -0.05) is 26.0 Å². The first-order valence-corrected chi connectivity index (χ1v) is 7.96. The fraction of sp³-hybridized carbons (Fsp3) is 0.533. The second-order valence-electron chi connectivity index (χ2n) is 6.36. The molecule has 0 N–H and O–H groups in total. The summed E-state index contributed by atoms with van der Waals surface area (Å²) in [7, 11) is 0. The molecule has 1 aliphatic carbocycles. The Bertz CT molecular complexity index is 614. The zero-order chi connectivity index (χ0) is 14.2. The van der Waals surface area contributed by atoms with Crippen molar-refractivity contribution in [2.75, 3.05) is 0 Å². The quantitative estimate of drug-likeness (QED) is 0.859. The Morgan fingerprint density at radius 2 is 2.10 bits per heavy atom. The van der Waals surface area contributed by atoms with Crippen molar-refractivity contribution in [1.82, 2.24) is 20.0 Å². The smallest absolute Gasteiger partial charge is 0.116 e. The van der Waals surface area contributed by atoms with E-state index in [4.69, 9.17) is 0 Å². The molecule has 2 aromatic heterocycles. The van der Waals surface area contributed by atoms with Crippen LogP contribution in [0.25, 0.3) is 12.2 Å². The molecule has 2 heterocycles. The fourth-order valence-corrected chi connectivity index (χ4v) is 3.00. The third-order valence-electron chi connectivity index (χ3n) is 3.66. The van der Waals surface area contributed by atoms with E-state index in [1.54, 1.807) is 11.3 Å². The van der Waals surface area contributed by atoms with Gasteiger partial charge in [0.05, 0.1) is 17.9 Å². The van der Waals surface area contributed by atoms with Gasteiger partial charge in [-0.3, -0.25) is 0 Å². The zero-order valence-corrected chi connectivity index (χ0v) is 13.0. The Balaban J connectivity index is 1.70. The molecule has 0 amide bonds. The lowest BCUT2D eigenvalue weighted by molar-refractivity contribution is 0.284. The van der Waals surface area contributed by atoms with E-state index in [0.717, 1.165) is 16.4 Å². The van der Waals surface area contributed by atoms with Gasteiger partial charge in [0, 0.05) is 10.8 Å². The molecule has 4 nitrogen and oxygen atoms in total. The van der Waals surface area contributed by atoms with Crippen LogP contribution in [0.3, 0.4) is 0 Å². The van der Waals surface area contributed by atoms with Crippen LogP contribution in [0.5, 0.6) is 0 Å². The van der Waals surface area contributed by atoms with Crippen molar-refractivity contribution in [2.45, 2.75) is 51.5 Å². The second-order valence-corrected chi connectivity index (χ2v) is 7.25. The number of nitrogens with zero attached hydrogens (tertiary/aromatic N) is 4. The first kappa shape index (κ1) is 13.5. The highest BCUT2D eigenvalue weighted by Gasteiger charge is 2.20. The summed E-state index contributed by atoms with van der Waals surface area (Å²) in [5, 5.41) is 11.5. The summed E-state index contributed by atoms with van der Waals surface area (Å²) in [6.45, 7) is 6.54.